The fourth-order valence-electron chi connectivity index (χ4n) is 1.09. The summed E-state index contributed by atoms with van der Waals surface area (Å²) in [7, 11) is 0. The normalized spacial score (nSPS) is 18.1. The molecule has 0 saturated heterocycles. The Labute approximate surface area is 90.7 Å². The van der Waals surface area contributed by atoms with Crippen LogP contribution in [-0.4, -0.2) is 11.5 Å². The van der Waals surface area contributed by atoms with Gasteiger partial charge in [0, 0.05) is 5.02 Å². The van der Waals surface area contributed by atoms with Crippen LogP contribution in [0, 0.1) is 0 Å². The van der Waals surface area contributed by atoms with Crippen molar-refractivity contribution < 1.29 is 4.79 Å². The maximum atomic E-state index is 11.1. The van der Waals surface area contributed by atoms with Crippen molar-refractivity contribution >= 4 is 40.9 Å². The third-order valence-electron chi connectivity index (χ3n) is 1.71. The summed E-state index contributed by atoms with van der Waals surface area (Å²) in [5.41, 5.74) is 2.46. The molecule has 0 fully saturated rings. The van der Waals surface area contributed by atoms with Crippen molar-refractivity contribution in [1.82, 2.24) is 0 Å². The van der Waals surface area contributed by atoms with Crippen LogP contribution in [0.25, 0.3) is 6.08 Å². The Morgan fingerprint density at radius 3 is 2.93 bits per heavy atom. The summed E-state index contributed by atoms with van der Waals surface area (Å²) in [6, 6.07) is 7.34. The molecule has 1 aromatic rings. The highest BCUT2D eigenvalue weighted by atomic mass is 35.5. The van der Waals surface area contributed by atoms with Gasteiger partial charge in [-0.25, -0.2) is 4.99 Å². The van der Waals surface area contributed by atoms with Crippen LogP contribution in [0.3, 0.4) is 0 Å². The van der Waals surface area contributed by atoms with E-state index in [1.807, 2.05) is 12.1 Å². The van der Waals surface area contributed by atoms with Gasteiger partial charge in [-0.1, -0.05) is 35.5 Å². The molecule has 0 unspecified atom stereocenters. The third-order valence-corrected chi connectivity index (χ3v) is 2.70. The minimum atomic E-state index is -0.185. The van der Waals surface area contributed by atoms with Gasteiger partial charge < -0.3 is 0 Å². The fraction of sp³-hybridized carbons (Fsp3) is 0. The second kappa shape index (κ2) is 3.98. The average molecular weight is 224 g/mol. The Morgan fingerprint density at radius 1 is 1.43 bits per heavy atom. The van der Waals surface area contributed by atoms with Gasteiger partial charge in [0.1, 0.15) is 0 Å². The van der Waals surface area contributed by atoms with Crippen LogP contribution >= 0.6 is 23.4 Å². The van der Waals surface area contributed by atoms with Gasteiger partial charge in [-0.05, 0) is 23.8 Å². The van der Waals surface area contributed by atoms with E-state index in [0.29, 0.717) is 9.93 Å². The molecule has 1 heterocycles. The van der Waals surface area contributed by atoms with E-state index < -0.39 is 0 Å². The van der Waals surface area contributed by atoms with Gasteiger partial charge in [0.05, 0.1) is 10.5 Å². The molecule has 1 aromatic carbocycles. The van der Waals surface area contributed by atoms with Crippen molar-refractivity contribution in [1.29, 1.82) is 0 Å². The monoisotopic (exact) mass is 223 g/mol. The summed E-state index contributed by atoms with van der Waals surface area (Å²) < 4.78 is 0. The average Bonchev–Trinajstić information content (AvgIpc) is 2.52. The SMILES string of the molecule is O=C1N=CSC1=Cc1cccc(Cl)c1. The second-order valence-corrected chi connectivity index (χ2v) is 4.04. The lowest BCUT2D eigenvalue weighted by atomic mass is 10.2. The molecule has 0 atom stereocenters. The number of nitrogens with zero attached hydrogens (tertiary/aromatic N) is 1. The van der Waals surface area contributed by atoms with E-state index in [4.69, 9.17) is 11.6 Å². The highest BCUT2D eigenvalue weighted by Crippen LogP contribution is 2.24. The molecule has 0 N–H and O–H groups in total. The Bertz CT molecular complexity index is 440. The lowest BCUT2D eigenvalue weighted by molar-refractivity contribution is -0.113. The van der Waals surface area contributed by atoms with Crippen LogP contribution in [0.5, 0.6) is 0 Å². The number of halogens is 1. The van der Waals surface area contributed by atoms with Crippen LogP contribution in [0.15, 0.2) is 34.2 Å². The topological polar surface area (TPSA) is 29.4 Å². The minimum Gasteiger partial charge on any atom is -0.266 e. The van der Waals surface area contributed by atoms with E-state index in [1.165, 1.54) is 11.8 Å². The molecule has 1 amide bonds. The van der Waals surface area contributed by atoms with E-state index in [9.17, 15) is 4.79 Å². The lowest BCUT2D eigenvalue weighted by Crippen LogP contribution is -1.87. The first-order chi connectivity index (χ1) is 6.75. The fourth-order valence-corrected chi connectivity index (χ4v) is 1.91. The predicted molar refractivity (Wildman–Crippen MR) is 60.5 cm³/mol. The second-order valence-electron chi connectivity index (χ2n) is 2.72. The molecule has 0 radical (unpaired) electrons. The van der Waals surface area contributed by atoms with E-state index in [0.717, 1.165) is 5.56 Å². The van der Waals surface area contributed by atoms with Gasteiger partial charge in [0.15, 0.2) is 0 Å². The molecule has 0 aliphatic carbocycles. The number of hydrogen-bond donors (Lipinski definition) is 0. The molecular weight excluding hydrogens is 218 g/mol. The van der Waals surface area contributed by atoms with Crippen LogP contribution in [-0.2, 0) is 4.79 Å². The molecule has 14 heavy (non-hydrogen) atoms. The Hall–Kier alpha value is -1.06. The van der Waals surface area contributed by atoms with Gasteiger partial charge in [0.2, 0.25) is 0 Å². The first-order valence-corrected chi connectivity index (χ1v) is 5.22. The highest BCUT2D eigenvalue weighted by molar-refractivity contribution is 8.16. The van der Waals surface area contributed by atoms with E-state index in [-0.39, 0.29) is 5.91 Å². The van der Waals surface area contributed by atoms with Crippen LogP contribution in [0.4, 0.5) is 0 Å². The molecule has 4 heteroatoms. The van der Waals surface area contributed by atoms with Crippen LogP contribution in [0.1, 0.15) is 5.56 Å². The predicted octanol–water partition coefficient (Wildman–Crippen LogP) is 2.98. The molecule has 0 aromatic heterocycles. The lowest BCUT2D eigenvalue weighted by Gasteiger charge is -1.95. The first kappa shape index (κ1) is 9.49. The molecule has 70 valence electrons. The first-order valence-electron chi connectivity index (χ1n) is 3.96. The van der Waals surface area contributed by atoms with Crippen molar-refractivity contribution in [3.8, 4) is 0 Å². The number of carbonyl (C=O) groups is 1. The van der Waals surface area contributed by atoms with Gasteiger partial charge >= 0.3 is 0 Å². The molecular formula is C10H6ClNOS. The number of thioether (sulfide) groups is 1. The van der Waals surface area contributed by atoms with Crippen molar-refractivity contribution in [2.45, 2.75) is 0 Å². The van der Waals surface area contributed by atoms with Crippen LogP contribution in [0.2, 0.25) is 5.02 Å². The summed E-state index contributed by atoms with van der Waals surface area (Å²) in [5, 5.41) is 0.663. The quantitative estimate of drug-likeness (QED) is 0.685. The molecule has 1 aliphatic rings. The third kappa shape index (κ3) is 2.05. The molecule has 2 rings (SSSR count). The van der Waals surface area contributed by atoms with Crippen molar-refractivity contribution in [3.05, 3.63) is 39.8 Å². The molecule has 0 bridgehead atoms. The van der Waals surface area contributed by atoms with E-state index >= 15 is 0 Å². The zero-order valence-electron chi connectivity index (χ0n) is 7.11. The molecule has 0 spiro atoms. The number of amides is 1. The van der Waals surface area contributed by atoms with E-state index in [2.05, 4.69) is 4.99 Å². The largest absolute Gasteiger partial charge is 0.284 e. The maximum Gasteiger partial charge on any atom is 0.284 e. The maximum absolute atomic E-state index is 11.1. The smallest absolute Gasteiger partial charge is 0.266 e. The molecule has 0 saturated carbocycles. The van der Waals surface area contributed by atoms with Crippen molar-refractivity contribution in [2.24, 2.45) is 4.99 Å². The Kier molecular flexibility index (Phi) is 2.70. The zero-order chi connectivity index (χ0) is 9.97. The zero-order valence-corrected chi connectivity index (χ0v) is 8.68. The van der Waals surface area contributed by atoms with E-state index in [1.54, 1.807) is 23.8 Å². The van der Waals surface area contributed by atoms with Gasteiger partial charge in [-0.15, -0.1) is 0 Å². The highest BCUT2D eigenvalue weighted by Gasteiger charge is 2.12. The summed E-state index contributed by atoms with van der Waals surface area (Å²) in [5.74, 6) is -0.185. The summed E-state index contributed by atoms with van der Waals surface area (Å²) in [4.78, 5) is 15.4. The Balaban J connectivity index is 2.30. The van der Waals surface area contributed by atoms with Gasteiger partial charge in [-0.3, -0.25) is 4.79 Å². The van der Waals surface area contributed by atoms with Crippen LogP contribution < -0.4 is 0 Å². The number of rotatable bonds is 1. The number of carbonyl (C=O) groups excluding carboxylic acids is 1. The number of hydrogen-bond acceptors (Lipinski definition) is 2. The van der Waals surface area contributed by atoms with Crippen molar-refractivity contribution in [2.75, 3.05) is 0 Å². The van der Waals surface area contributed by atoms with Crippen molar-refractivity contribution in [3.63, 3.8) is 0 Å². The summed E-state index contributed by atoms with van der Waals surface area (Å²) >= 11 is 7.14. The van der Waals surface area contributed by atoms with Gasteiger partial charge in [-0.2, -0.15) is 0 Å². The summed E-state index contributed by atoms with van der Waals surface area (Å²) in [6.07, 6.45) is 1.78. The number of aliphatic imine (C=N–C) groups is 1. The molecule has 1 aliphatic heterocycles. The number of benzene rings is 1. The Morgan fingerprint density at radius 2 is 2.29 bits per heavy atom. The summed E-state index contributed by atoms with van der Waals surface area (Å²) in [6.45, 7) is 0. The van der Waals surface area contributed by atoms with Gasteiger partial charge in [0.25, 0.3) is 5.91 Å². The standard InChI is InChI=1S/C10H6ClNOS/c11-8-3-1-2-7(4-8)5-9-10(13)12-6-14-9/h1-6H. The minimum absolute atomic E-state index is 0.185. The molecule has 2 nitrogen and oxygen atoms in total.